The summed E-state index contributed by atoms with van der Waals surface area (Å²) in [6, 6.07) is 6.01. The van der Waals surface area contributed by atoms with Crippen LogP contribution >= 0.6 is 0 Å². The van der Waals surface area contributed by atoms with Gasteiger partial charge in [-0.3, -0.25) is 9.36 Å². The van der Waals surface area contributed by atoms with Gasteiger partial charge in [0.1, 0.15) is 24.7 Å². The van der Waals surface area contributed by atoms with E-state index in [1.165, 1.54) is 9.25 Å². The van der Waals surface area contributed by atoms with Crippen LogP contribution in [0.2, 0.25) is 0 Å². The Balaban J connectivity index is 1.89. The van der Waals surface area contributed by atoms with Crippen molar-refractivity contribution in [2.24, 2.45) is 0 Å². The average molecular weight is 346 g/mol. The highest BCUT2D eigenvalue weighted by atomic mass is 16.5. The Hall–Kier alpha value is -2.57. The lowest BCUT2D eigenvalue weighted by molar-refractivity contribution is -0.131. The Kier molecular flexibility index (Phi) is 6.01. The highest BCUT2D eigenvalue weighted by Crippen LogP contribution is 2.16. The molecule has 1 aromatic heterocycles. The van der Waals surface area contributed by atoms with E-state index in [2.05, 4.69) is 11.2 Å². The van der Waals surface area contributed by atoms with Gasteiger partial charge in [-0.15, -0.1) is 0 Å². The van der Waals surface area contributed by atoms with Crippen LogP contribution in [0.4, 0.5) is 0 Å². The minimum atomic E-state index is -0.256. The summed E-state index contributed by atoms with van der Waals surface area (Å²) in [5, 5.41) is 4.14. The summed E-state index contributed by atoms with van der Waals surface area (Å²) in [6.45, 7) is 8.98. The van der Waals surface area contributed by atoms with Crippen molar-refractivity contribution in [3.8, 4) is 5.75 Å². The zero-order valence-corrected chi connectivity index (χ0v) is 15.6. The molecule has 2 rings (SSSR count). The molecule has 1 aromatic carbocycles. The molecule has 0 radical (unpaired) electrons. The molecule has 0 saturated heterocycles. The number of aromatic nitrogens is 3. The molecule has 136 valence electrons. The predicted octanol–water partition coefficient (Wildman–Crippen LogP) is 1.53. The van der Waals surface area contributed by atoms with Crippen molar-refractivity contribution >= 4 is 5.91 Å². The van der Waals surface area contributed by atoms with E-state index in [0.29, 0.717) is 25.5 Å². The summed E-state index contributed by atoms with van der Waals surface area (Å²) in [4.78, 5) is 25.9. The topological polar surface area (TPSA) is 69.4 Å². The van der Waals surface area contributed by atoms with Gasteiger partial charge in [-0.25, -0.2) is 9.48 Å². The van der Waals surface area contributed by atoms with Crippen molar-refractivity contribution in [1.29, 1.82) is 0 Å². The lowest BCUT2D eigenvalue weighted by Crippen LogP contribution is -2.37. The van der Waals surface area contributed by atoms with Gasteiger partial charge in [0.2, 0.25) is 5.91 Å². The van der Waals surface area contributed by atoms with E-state index >= 15 is 0 Å². The lowest BCUT2D eigenvalue weighted by Gasteiger charge is -2.17. The Morgan fingerprint density at radius 1 is 1.20 bits per heavy atom. The number of amides is 1. The molecule has 7 heteroatoms. The molecule has 0 atom stereocenters. The van der Waals surface area contributed by atoms with Gasteiger partial charge in [0.25, 0.3) is 0 Å². The molecule has 0 fully saturated rings. The van der Waals surface area contributed by atoms with E-state index < -0.39 is 0 Å². The highest BCUT2D eigenvalue weighted by Gasteiger charge is 2.15. The third-order valence-corrected chi connectivity index (χ3v) is 4.03. The largest absolute Gasteiger partial charge is 0.492 e. The number of benzene rings is 1. The minimum Gasteiger partial charge on any atom is -0.492 e. The minimum absolute atomic E-state index is 0.0628. The van der Waals surface area contributed by atoms with Crippen molar-refractivity contribution < 1.29 is 9.53 Å². The third-order valence-electron chi connectivity index (χ3n) is 4.03. The first kappa shape index (κ1) is 18.8. The lowest BCUT2D eigenvalue weighted by atomic mass is 10.1. The van der Waals surface area contributed by atoms with E-state index in [9.17, 15) is 9.59 Å². The molecule has 0 aliphatic rings. The van der Waals surface area contributed by atoms with Crippen LogP contribution in [0.3, 0.4) is 0 Å². The van der Waals surface area contributed by atoms with Crippen molar-refractivity contribution in [3.05, 3.63) is 45.6 Å². The van der Waals surface area contributed by atoms with Crippen LogP contribution in [-0.4, -0.2) is 45.4 Å². The maximum absolute atomic E-state index is 12.3. The zero-order chi connectivity index (χ0) is 18.6. The predicted molar refractivity (Wildman–Crippen MR) is 95.9 cm³/mol. The fourth-order valence-corrected chi connectivity index (χ4v) is 2.71. The Morgan fingerprint density at radius 2 is 1.84 bits per heavy atom. The molecule has 0 unspecified atom stereocenters. The first-order valence-electron chi connectivity index (χ1n) is 8.41. The van der Waals surface area contributed by atoms with Gasteiger partial charge in [-0.2, -0.15) is 5.10 Å². The van der Waals surface area contributed by atoms with Crippen molar-refractivity contribution in [1.82, 2.24) is 19.2 Å². The molecular formula is C18H26N4O3. The number of nitrogens with zero attached hydrogens (tertiary/aromatic N) is 4. The summed E-state index contributed by atoms with van der Waals surface area (Å²) < 4.78 is 8.47. The summed E-state index contributed by atoms with van der Waals surface area (Å²) in [6.07, 6.45) is 0. The van der Waals surface area contributed by atoms with Crippen LogP contribution < -0.4 is 10.4 Å². The number of carbonyl (C=O) groups excluding carboxylic acids is 1. The van der Waals surface area contributed by atoms with Crippen molar-refractivity contribution in [2.45, 2.75) is 40.8 Å². The van der Waals surface area contributed by atoms with E-state index in [-0.39, 0.29) is 18.1 Å². The fraction of sp³-hybridized carbons (Fsp3) is 0.500. The van der Waals surface area contributed by atoms with Gasteiger partial charge in [0.15, 0.2) is 0 Å². The molecule has 1 amide bonds. The van der Waals surface area contributed by atoms with Crippen LogP contribution in [0.5, 0.6) is 5.75 Å². The normalized spacial score (nSPS) is 10.8. The summed E-state index contributed by atoms with van der Waals surface area (Å²) in [5.41, 5.74) is 2.02. The van der Waals surface area contributed by atoms with Crippen LogP contribution in [-0.2, 0) is 17.9 Å². The third kappa shape index (κ3) is 4.71. The first-order chi connectivity index (χ1) is 11.8. The number of hydrogen-bond acceptors (Lipinski definition) is 4. The number of hydrogen-bond donors (Lipinski definition) is 0. The molecule has 0 saturated carbocycles. The number of likely N-dealkylation sites (N-methyl/N-ethyl adjacent to an activating group) is 1. The van der Waals surface area contributed by atoms with Crippen LogP contribution in [0, 0.1) is 20.8 Å². The SMILES string of the molecule is CCn1c(C)nn(CC(=O)N(C)CCOc2cc(C)cc(C)c2)c1=O. The molecule has 0 aliphatic carbocycles. The quantitative estimate of drug-likeness (QED) is 0.762. The first-order valence-corrected chi connectivity index (χ1v) is 8.41. The molecule has 0 bridgehead atoms. The molecule has 2 aromatic rings. The molecule has 7 nitrogen and oxygen atoms in total. The van der Waals surface area contributed by atoms with Crippen LogP contribution in [0.25, 0.3) is 0 Å². The number of aryl methyl sites for hydroxylation is 3. The maximum Gasteiger partial charge on any atom is 0.346 e. The van der Waals surface area contributed by atoms with Crippen LogP contribution in [0.1, 0.15) is 23.9 Å². The van der Waals surface area contributed by atoms with Gasteiger partial charge in [-0.1, -0.05) is 6.07 Å². The highest BCUT2D eigenvalue weighted by molar-refractivity contribution is 5.75. The van der Waals surface area contributed by atoms with E-state index in [1.54, 1.807) is 18.9 Å². The fourth-order valence-electron chi connectivity index (χ4n) is 2.71. The van der Waals surface area contributed by atoms with E-state index in [1.807, 2.05) is 32.9 Å². The second-order valence-corrected chi connectivity index (χ2v) is 6.22. The monoisotopic (exact) mass is 346 g/mol. The zero-order valence-electron chi connectivity index (χ0n) is 15.6. The van der Waals surface area contributed by atoms with Crippen molar-refractivity contribution in [2.75, 3.05) is 20.2 Å². The Labute approximate surface area is 147 Å². The smallest absolute Gasteiger partial charge is 0.346 e. The van der Waals surface area contributed by atoms with Gasteiger partial charge < -0.3 is 9.64 Å². The molecule has 0 aliphatic heterocycles. The second-order valence-electron chi connectivity index (χ2n) is 6.22. The number of carbonyl (C=O) groups is 1. The summed E-state index contributed by atoms with van der Waals surface area (Å²) in [5.74, 6) is 1.24. The molecular weight excluding hydrogens is 320 g/mol. The number of ether oxygens (including phenoxy) is 1. The van der Waals surface area contributed by atoms with Gasteiger partial charge >= 0.3 is 5.69 Å². The van der Waals surface area contributed by atoms with Gasteiger partial charge in [0.05, 0.1) is 6.54 Å². The van der Waals surface area contributed by atoms with Crippen molar-refractivity contribution in [3.63, 3.8) is 0 Å². The Morgan fingerprint density at radius 3 is 2.40 bits per heavy atom. The van der Waals surface area contributed by atoms with E-state index in [4.69, 9.17) is 4.74 Å². The molecule has 1 heterocycles. The second kappa shape index (κ2) is 8.00. The summed E-state index contributed by atoms with van der Waals surface area (Å²) in [7, 11) is 1.70. The van der Waals surface area contributed by atoms with Crippen LogP contribution in [0.15, 0.2) is 23.0 Å². The number of rotatable bonds is 7. The molecule has 25 heavy (non-hydrogen) atoms. The molecule has 0 spiro atoms. The average Bonchev–Trinajstić information content (AvgIpc) is 2.79. The standard InChI is InChI=1S/C18H26N4O3/c1-6-21-15(4)19-22(18(21)24)12-17(23)20(5)7-8-25-16-10-13(2)9-14(3)11-16/h9-11H,6-8,12H2,1-5H3. The Bertz CT molecular complexity index is 787. The summed E-state index contributed by atoms with van der Waals surface area (Å²) >= 11 is 0. The molecule has 0 N–H and O–H groups in total. The van der Waals surface area contributed by atoms with Gasteiger partial charge in [0, 0.05) is 13.6 Å². The van der Waals surface area contributed by atoms with Gasteiger partial charge in [-0.05, 0) is 51.0 Å². The maximum atomic E-state index is 12.3. The van der Waals surface area contributed by atoms with E-state index in [0.717, 1.165) is 16.9 Å².